The quantitative estimate of drug-likeness (QED) is 0.298. The summed E-state index contributed by atoms with van der Waals surface area (Å²) in [5.74, 6) is 0. The molecule has 7 heteroatoms. The summed E-state index contributed by atoms with van der Waals surface area (Å²) >= 11 is 0. The molecule has 2 atom stereocenters. The summed E-state index contributed by atoms with van der Waals surface area (Å²) in [6, 6.07) is 10.9. The van der Waals surface area contributed by atoms with Gasteiger partial charge < -0.3 is 0 Å². The first-order valence-electron chi connectivity index (χ1n) is 6.34. The van der Waals surface area contributed by atoms with Crippen LogP contribution in [0.2, 0.25) is 0 Å². The van der Waals surface area contributed by atoms with Crippen LogP contribution in [0, 0.1) is 33.3 Å². The fourth-order valence-corrected chi connectivity index (χ4v) is 4.97. The van der Waals surface area contributed by atoms with Crippen LogP contribution in [0.3, 0.4) is 0 Å². The van der Waals surface area contributed by atoms with E-state index in [0.29, 0.717) is 11.3 Å². The van der Waals surface area contributed by atoms with Gasteiger partial charge in [-0.15, -0.1) is 0 Å². The van der Waals surface area contributed by atoms with Gasteiger partial charge in [-0.2, -0.15) is 0 Å². The van der Waals surface area contributed by atoms with Crippen LogP contribution in [0.4, 0.5) is 0 Å². The average Bonchev–Trinajstić information content (AvgIpc) is 3.03. The Balaban J connectivity index is -0.000000193. The maximum atomic E-state index is 7.50. The second-order valence-corrected chi connectivity index (χ2v) is 6.40. The molecule has 5 nitrogen and oxygen atoms in total. The van der Waals surface area contributed by atoms with E-state index in [-0.39, 0.29) is 25.3 Å². The average molecular weight is 404 g/mol. The molecule has 0 saturated carbocycles. The van der Waals surface area contributed by atoms with Crippen molar-refractivity contribution < 1.29 is 40.6 Å². The SMILES string of the molecule is C1=CC2C=CC(C=C1)P2c1ccccc1.[C-]#[O+].[C-]#[O+].[C-]#[O+].[C-]#[O+].[C-]#[O+].[Cr]. The molecule has 1 aromatic carbocycles. The second-order valence-electron chi connectivity index (χ2n) is 3.88. The van der Waals surface area contributed by atoms with Gasteiger partial charge in [-0.25, -0.2) is 0 Å². The zero-order valence-electron chi connectivity index (χ0n) is 13.4. The molecule has 0 amide bonds. The van der Waals surface area contributed by atoms with Gasteiger partial charge in [0.1, 0.15) is 0 Å². The molecule has 2 unspecified atom stereocenters. The van der Waals surface area contributed by atoms with E-state index < -0.39 is 0 Å². The van der Waals surface area contributed by atoms with Crippen LogP contribution in [0.15, 0.2) is 66.8 Å². The van der Waals surface area contributed by atoms with Crippen LogP contribution in [-0.4, -0.2) is 11.3 Å². The van der Waals surface area contributed by atoms with Crippen molar-refractivity contribution in [3.05, 3.63) is 100 Å². The van der Waals surface area contributed by atoms with Crippen LogP contribution in [0.5, 0.6) is 0 Å². The molecule has 2 aliphatic rings. The van der Waals surface area contributed by atoms with Crippen molar-refractivity contribution >= 4 is 13.2 Å². The molecule has 0 spiro atoms. The minimum Gasteiger partial charge on any atom is 0 e. The van der Waals surface area contributed by atoms with E-state index >= 15 is 0 Å². The maximum absolute atomic E-state index is 7.50. The summed E-state index contributed by atoms with van der Waals surface area (Å²) in [7, 11) is -0.0895. The molecule has 0 saturated heterocycles. The van der Waals surface area contributed by atoms with Crippen LogP contribution >= 0.6 is 7.92 Å². The van der Waals surface area contributed by atoms with Gasteiger partial charge in [0.25, 0.3) is 0 Å². The van der Waals surface area contributed by atoms with E-state index in [1.807, 2.05) is 0 Å². The van der Waals surface area contributed by atoms with Crippen LogP contribution in [0.25, 0.3) is 0 Å². The summed E-state index contributed by atoms with van der Waals surface area (Å²) in [5, 5.41) is 1.52. The standard InChI is InChI=1S/C14H13P.5CO.Cr/c1-2-6-12(7-3-1)15-13-8-4-5-9-14(15)11-10-13;5*1-2;/h1-11,13-14H;;;;;;. The normalized spacial score (nSPS) is 18.8. The number of fused-ring (bicyclic) bond motifs is 2. The minimum absolute atomic E-state index is 0. The van der Waals surface area contributed by atoms with Gasteiger partial charge in [0, 0.05) is 28.7 Å². The predicted molar refractivity (Wildman–Crippen MR) is 87.6 cm³/mol. The number of benzene rings is 1. The number of allylic oxidation sites excluding steroid dienone is 6. The third-order valence-electron chi connectivity index (χ3n) is 2.93. The number of hydrogen-bond donors (Lipinski definition) is 0. The summed E-state index contributed by atoms with van der Waals surface area (Å²) in [4.78, 5) is 0. The molecule has 0 aliphatic carbocycles. The predicted octanol–water partition coefficient (Wildman–Crippen LogP) is 3.04. The minimum atomic E-state index is -0.0895. The summed E-state index contributed by atoms with van der Waals surface area (Å²) in [6.45, 7) is 22.5. The fraction of sp³-hybridized carbons (Fsp3) is 0.105. The van der Waals surface area contributed by atoms with Crippen molar-refractivity contribution in [2.75, 3.05) is 0 Å². The van der Waals surface area contributed by atoms with Gasteiger partial charge >= 0.3 is 56.5 Å². The number of hydrogen-bond acceptors (Lipinski definition) is 0. The van der Waals surface area contributed by atoms with Gasteiger partial charge in [-0.3, -0.25) is 0 Å². The van der Waals surface area contributed by atoms with Crippen LogP contribution in [-0.2, 0) is 40.6 Å². The molecule has 26 heavy (non-hydrogen) atoms. The smallest absolute Gasteiger partial charge is 0 e. The van der Waals surface area contributed by atoms with E-state index in [9.17, 15) is 0 Å². The van der Waals surface area contributed by atoms with Crippen LogP contribution in [0.1, 0.15) is 0 Å². The molecule has 0 aromatic heterocycles. The molecule has 0 fully saturated rings. The van der Waals surface area contributed by atoms with Crippen molar-refractivity contribution in [1.29, 1.82) is 0 Å². The Morgan fingerprint density at radius 3 is 1.27 bits per heavy atom. The molecule has 2 heterocycles. The van der Waals surface area contributed by atoms with Crippen molar-refractivity contribution in [3.8, 4) is 0 Å². The first kappa shape index (κ1) is 31.8. The zero-order valence-corrected chi connectivity index (χ0v) is 15.6. The molecule has 0 radical (unpaired) electrons. The Morgan fingerprint density at radius 2 is 0.923 bits per heavy atom. The summed E-state index contributed by atoms with van der Waals surface area (Å²) in [5.41, 5.74) is 1.28. The Hall–Kier alpha value is -1.90. The Bertz CT molecular complexity index is 585. The van der Waals surface area contributed by atoms with E-state index in [1.165, 1.54) is 5.30 Å². The molecule has 0 N–H and O–H groups in total. The molecule has 130 valence electrons. The van der Waals surface area contributed by atoms with E-state index in [0.717, 1.165) is 0 Å². The zero-order chi connectivity index (χ0) is 20.1. The van der Waals surface area contributed by atoms with Crippen molar-refractivity contribution in [2.24, 2.45) is 0 Å². The topological polar surface area (TPSA) is 99.5 Å². The monoisotopic (exact) mass is 404 g/mol. The van der Waals surface area contributed by atoms with E-state index in [4.69, 9.17) is 23.3 Å². The van der Waals surface area contributed by atoms with Crippen LogP contribution < -0.4 is 5.30 Å². The van der Waals surface area contributed by atoms with Gasteiger partial charge in [0.05, 0.1) is 0 Å². The van der Waals surface area contributed by atoms with Crippen molar-refractivity contribution in [1.82, 2.24) is 0 Å². The Kier molecular flexibility index (Phi) is 31.0. The Labute approximate surface area is 165 Å². The van der Waals surface area contributed by atoms with Gasteiger partial charge in [0.2, 0.25) is 0 Å². The first-order chi connectivity index (χ1) is 12.4. The molecule has 3 rings (SSSR count). The van der Waals surface area contributed by atoms with E-state index in [1.54, 1.807) is 0 Å². The molecular weight excluding hydrogens is 391 g/mol. The van der Waals surface area contributed by atoms with Crippen molar-refractivity contribution in [3.63, 3.8) is 0 Å². The third-order valence-corrected chi connectivity index (χ3v) is 5.80. The third kappa shape index (κ3) is 10.9. The van der Waals surface area contributed by atoms with Gasteiger partial charge in [-0.05, 0) is 5.30 Å². The summed E-state index contributed by atoms with van der Waals surface area (Å²) in [6.07, 6.45) is 13.8. The number of rotatable bonds is 1. The molecule has 2 aliphatic heterocycles. The van der Waals surface area contributed by atoms with Crippen molar-refractivity contribution in [2.45, 2.75) is 11.3 Å². The maximum Gasteiger partial charge on any atom is 0 e. The fourth-order valence-electron chi connectivity index (χ4n) is 2.23. The first-order valence-corrected chi connectivity index (χ1v) is 7.82. The van der Waals surface area contributed by atoms with Gasteiger partial charge in [-0.1, -0.05) is 74.7 Å². The summed E-state index contributed by atoms with van der Waals surface area (Å²) < 4.78 is 37.5. The largest absolute Gasteiger partial charge is 0 e. The van der Waals surface area contributed by atoms with Gasteiger partial charge in [0.15, 0.2) is 0 Å². The molecule has 1 aromatic rings. The van der Waals surface area contributed by atoms with E-state index in [2.05, 4.69) is 100 Å². The molecule has 2 bridgehead atoms. The molecular formula is C19H13CrO5P. The Morgan fingerprint density at radius 1 is 0.577 bits per heavy atom. The second kappa shape index (κ2) is 25.3.